The van der Waals surface area contributed by atoms with Crippen molar-refractivity contribution < 1.29 is 4.42 Å². The van der Waals surface area contributed by atoms with Crippen LogP contribution in [0.4, 0.5) is 0 Å². The third-order valence-corrected chi connectivity index (χ3v) is 5.09. The highest BCUT2D eigenvalue weighted by molar-refractivity contribution is 5.68. The van der Waals surface area contributed by atoms with E-state index >= 15 is 0 Å². The van der Waals surface area contributed by atoms with Gasteiger partial charge in [0.1, 0.15) is 5.76 Å². The molecule has 1 aliphatic carbocycles. The molecule has 1 aromatic carbocycles. The van der Waals surface area contributed by atoms with Crippen molar-refractivity contribution in [2.75, 3.05) is 0 Å². The van der Waals surface area contributed by atoms with Crippen molar-refractivity contribution in [3.63, 3.8) is 0 Å². The molecule has 1 heterocycles. The van der Waals surface area contributed by atoms with Gasteiger partial charge in [0.05, 0.1) is 12.8 Å². The molecule has 0 fully saturated rings. The Morgan fingerprint density at radius 2 is 1.67 bits per heavy atom. The number of hydrogen-bond donors (Lipinski definition) is 1. The molecule has 21 heavy (non-hydrogen) atoms. The van der Waals surface area contributed by atoms with E-state index in [0.717, 1.165) is 11.3 Å². The summed E-state index contributed by atoms with van der Waals surface area (Å²) in [4.78, 5) is 0. The molecule has 2 aromatic rings. The number of rotatable bonds is 2. The van der Waals surface area contributed by atoms with Crippen molar-refractivity contribution >= 4 is 0 Å². The summed E-state index contributed by atoms with van der Waals surface area (Å²) in [6, 6.07) is 8.88. The highest BCUT2D eigenvalue weighted by Gasteiger charge is 2.37. The largest absolute Gasteiger partial charge is 0.467 e. The Kier molecular flexibility index (Phi) is 3.25. The average molecular weight is 283 g/mol. The third-order valence-electron chi connectivity index (χ3n) is 5.09. The van der Waals surface area contributed by atoms with Crippen molar-refractivity contribution in [3.05, 3.63) is 47.4 Å². The van der Waals surface area contributed by atoms with Gasteiger partial charge in [0.2, 0.25) is 0 Å². The van der Waals surface area contributed by atoms with Gasteiger partial charge in [-0.25, -0.2) is 0 Å². The summed E-state index contributed by atoms with van der Waals surface area (Å²) in [6.45, 7) is 9.84. The zero-order valence-electron chi connectivity index (χ0n) is 13.5. The SMILES string of the molecule is CC1(C)CCC(C)(C)c2cc(-c3ccoc3CN)ccc21. The van der Waals surface area contributed by atoms with Gasteiger partial charge in [0.15, 0.2) is 0 Å². The van der Waals surface area contributed by atoms with Crippen LogP contribution in [0.2, 0.25) is 0 Å². The lowest BCUT2D eigenvalue weighted by Gasteiger charge is -2.42. The maximum Gasteiger partial charge on any atom is 0.125 e. The second kappa shape index (κ2) is 4.74. The molecule has 2 nitrogen and oxygen atoms in total. The molecular formula is C19H25NO. The molecule has 0 aliphatic heterocycles. The van der Waals surface area contributed by atoms with Gasteiger partial charge in [-0.3, -0.25) is 0 Å². The highest BCUT2D eigenvalue weighted by atomic mass is 16.3. The zero-order valence-corrected chi connectivity index (χ0v) is 13.5. The van der Waals surface area contributed by atoms with Crippen LogP contribution in [0.3, 0.4) is 0 Å². The van der Waals surface area contributed by atoms with Crippen LogP contribution in [0.15, 0.2) is 34.9 Å². The van der Waals surface area contributed by atoms with E-state index in [-0.39, 0.29) is 10.8 Å². The molecule has 1 aliphatic rings. The lowest BCUT2D eigenvalue weighted by Crippen LogP contribution is -2.33. The molecular weight excluding hydrogens is 258 g/mol. The molecule has 0 unspecified atom stereocenters. The minimum atomic E-state index is 0.230. The summed E-state index contributed by atoms with van der Waals surface area (Å²) in [6.07, 6.45) is 4.20. The smallest absolute Gasteiger partial charge is 0.125 e. The van der Waals surface area contributed by atoms with Crippen LogP contribution in [0.5, 0.6) is 0 Å². The summed E-state index contributed by atoms with van der Waals surface area (Å²) >= 11 is 0. The predicted molar refractivity (Wildman–Crippen MR) is 87.3 cm³/mol. The average Bonchev–Trinajstić information content (AvgIpc) is 2.92. The maximum absolute atomic E-state index is 5.77. The summed E-state index contributed by atoms with van der Waals surface area (Å²) in [7, 11) is 0. The van der Waals surface area contributed by atoms with Crippen LogP contribution in [-0.4, -0.2) is 0 Å². The molecule has 2 heteroatoms. The molecule has 112 valence electrons. The van der Waals surface area contributed by atoms with Crippen LogP contribution in [-0.2, 0) is 17.4 Å². The molecule has 0 atom stereocenters. The van der Waals surface area contributed by atoms with Crippen molar-refractivity contribution in [2.24, 2.45) is 5.73 Å². The van der Waals surface area contributed by atoms with Gasteiger partial charge in [-0.05, 0) is 46.4 Å². The second-order valence-corrected chi connectivity index (χ2v) is 7.49. The number of benzene rings is 1. The zero-order chi connectivity index (χ0) is 15.3. The fraction of sp³-hybridized carbons (Fsp3) is 0.474. The van der Waals surface area contributed by atoms with E-state index in [0.29, 0.717) is 6.54 Å². The number of hydrogen-bond acceptors (Lipinski definition) is 2. The Hall–Kier alpha value is -1.54. The second-order valence-electron chi connectivity index (χ2n) is 7.49. The summed E-state index contributed by atoms with van der Waals surface area (Å²) in [5, 5.41) is 0. The number of furan rings is 1. The molecule has 0 saturated carbocycles. The quantitative estimate of drug-likeness (QED) is 0.863. The molecule has 2 N–H and O–H groups in total. The molecule has 0 spiro atoms. The van der Waals surface area contributed by atoms with E-state index in [9.17, 15) is 0 Å². The third kappa shape index (κ3) is 2.32. The first-order valence-corrected chi connectivity index (χ1v) is 7.77. The van der Waals surface area contributed by atoms with Crippen LogP contribution in [0.1, 0.15) is 57.4 Å². The van der Waals surface area contributed by atoms with E-state index in [1.165, 1.54) is 29.5 Å². The van der Waals surface area contributed by atoms with Crippen LogP contribution >= 0.6 is 0 Å². The first-order chi connectivity index (χ1) is 9.85. The highest BCUT2D eigenvalue weighted by Crippen LogP contribution is 2.46. The van der Waals surface area contributed by atoms with Crippen LogP contribution < -0.4 is 5.73 Å². The molecule has 3 rings (SSSR count). The first-order valence-electron chi connectivity index (χ1n) is 7.77. The standard InChI is InChI=1S/C19H25NO/c1-18(2)8-9-19(3,4)16-11-13(5-6-15(16)18)14-7-10-21-17(14)12-20/h5-7,10-11H,8-9,12,20H2,1-4H3. The van der Waals surface area contributed by atoms with Gasteiger partial charge in [-0.2, -0.15) is 0 Å². The van der Waals surface area contributed by atoms with Crippen molar-refractivity contribution in [1.82, 2.24) is 0 Å². The molecule has 0 saturated heterocycles. The first kappa shape index (κ1) is 14.4. The Morgan fingerprint density at radius 1 is 1.00 bits per heavy atom. The number of nitrogens with two attached hydrogens (primary N) is 1. The predicted octanol–water partition coefficient (Wildman–Crippen LogP) is 4.75. The number of fused-ring (bicyclic) bond motifs is 1. The van der Waals surface area contributed by atoms with Crippen LogP contribution in [0, 0.1) is 0 Å². The summed E-state index contributed by atoms with van der Waals surface area (Å²) in [5.74, 6) is 0.864. The van der Waals surface area contributed by atoms with E-state index in [1.807, 2.05) is 6.07 Å². The van der Waals surface area contributed by atoms with Crippen LogP contribution in [0.25, 0.3) is 11.1 Å². The normalized spacial score (nSPS) is 19.3. The lowest BCUT2D eigenvalue weighted by molar-refractivity contribution is 0.332. The van der Waals surface area contributed by atoms with E-state index < -0.39 is 0 Å². The summed E-state index contributed by atoms with van der Waals surface area (Å²) < 4.78 is 5.48. The van der Waals surface area contributed by atoms with E-state index in [2.05, 4.69) is 45.9 Å². The Bertz CT molecular complexity index is 664. The van der Waals surface area contributed by atoms with Gasteiger partial charge >= 0.3 is 0 Å². The lowest BCUT2D eigenvalue weighted by atomic mass is 9.63. The Balaban J connectivity index is 2.16. The monoisotopic (exact) mass is 283 g/mol. The van der Waals surface area contributed by atoms with Gasteiger partial charge in [-0.1, -0.05) is 45.9 Å². The van der Waals surface area contributed by atoms with Gasteiger partial charge < -0.3 is 10.2 Å². The molecule has 1 aromatic heterocycles. The summed E-state index contributed by atoms with van der Waals surface area (Å²) in [5.41, 5.74) is 11.6. The van der Waals surface area contributed by atoms with Crippen molar-refractivity contribution in [1.29, 1.82) is 0 Å². The molecule has 0 bridgehead atoms. The minimum Gasteiger partial charge on any atom is -0.467 e. The molecule has 0 amide bonds. The van der Waals surface area contributed by atoms with Crippen molar-refractivity contribution in [2.45, 2.75) is 57.9 Å². The van der Waals surface area contributed by atoms with E-state index in [4.69, 9.17) is 10.2 Å². The Labute approximate surface area is 127 Å². The topological polar surface area (TPSA) is 39.2 Å². The van der Waals surface area contributed by atoms with Gasteiger partial charge in [0, 0.05) is 5.56 Å². The van der Waals surface area contributed by atoms with Gasteiger partial charge in [0.25, 0.3) is 0 Å². The minimum absolute atomic E-state index is 0.230. The van der Waals surface area contributed by atoms with Gasteiger partial charge in [-0.15, -0.1) is 0 Å². The van der Waals surface area contributed by atoms with E-state index in [1.54, 1.807) is 6.26 Å². The van der Waals surface area contributed by atoms with Crippen molar-refractivity contribution in [3.8, 4) is 11.1 Å². The fourth-order valence-corrected chi connectivity index (χ4v) is 3.51. The Morgan fingerprint density at radius 3 is 2.33 bits per heavy atom. The molecule has 0 radical (unpaired) electrons. The maximum atomic E-state index is 5.77. The fourth-order valence-electron chi connectivity index (χ4n) is 3.51.